The second kappa shape index (κ2) is 6.81. The van der Waals surface area contributed by atoms with Crippen LogP contribution in [0.5, 0.6) is 5.75 Å². The summed E-state index contributed by atoms with van der Waals surface area (Å²) in [5.74, 6) is 0.238. The molecule has 106 valence electrons. The van der Waals surface area contributed by atoms with Crippen molar-refractivity contribution < 1.29 is 5.11 Å². The van der Waals surface area contributed by atoms with Crippen LogP contribution in [0.25, 0.3) is 0 Å². The molecule has 5 heteroatoms. The fourth-order valence-corrected chi connectivity index (χ4v) is 2.89. The first-order valence-electron chi connectivity index (χ1n) is 6.13. The van der Waals surface area contributed by atoms with Crippen molar-refractivity contribution in [3.05, 3.63) is 62.0 Å². The normalized spacial score (nSPS) is 12.4. The summed E-state index contributed by atoms with van der Waals surface area (Å²) in [4.78, 5) is 0. The summed E-state index contributed by atoms with van der Waals surface area (Å²) < 4.78 is 0.689. The lowest BCUT2D eigenvalue weighted by Gasteiger charge is -2.16. The Bertz CT molecular complexity index is 619. The van der Waals surface area contributed by atoms with Gasteiger partial charge in [-0.15, -0.1) is 0 Å². The Labute approximate surface area is 136 Å². The largest absolute Gasteiger partial charge is 0.507 e. The molecule has 0 saturated heterocycles. The molecule has 0 heterocycles. The molecule has 0 radical (unpaired) electrons. The molecule has 2 N–H and O–H groups in total. The summed E-state index contributed by atoms with van der Waals surface area (Å²) in [7, 11) is 0. The smallest absolute Gasteiger partial charge is 0.129 e. The van der Waals surface area contributed by atoms with Gasteiger partial charge >= 0.3 is 0 Å². The molecular weight excluding hydrogens is 361 g/mol. The average Bonchev–Trinajstić information content (AvgIpc) is 2.40. The number of hydrogen-bond acceptors (Lipinski definition) is 2. The van der Waals surface area contributed by atoms with Crippen molar-refractivity contribution in [2.75, 3.05) is 0 Å². The summed E-state index contributed by atoms with van der Waals surface area (Å²) in [6.45, 7) is 2.73. The highest BCUT2D eigenvalue weighted by atomic mass is 79.9. The number of phenols is 1. The Balaban J connectivity index is 2.04. The van der Waals surface area contributed by atoms with Crippen molar-refractivity contribution in [1.29, 1.82) is 0 Å². The molecule has 0 aromatic heterocycles. The van der Waals surface area contributed by atoms with Gasteiger partial charge in [0.1, 0.15) is 5.75 Å². The van der Waals surface area contributed by atoms with Gasteiger partial charge in [-0.3, -0.25) is 0 Å². The number of phenolic OH excluding ortho intramolecular Hbond substituents is 1. The molecule has 0 fully saturated rings. The van der Waals surface area contributed by atoms with Crippen molar-refractivity contribution in [1.82, 2.24) is 5.32 Å². The molecule has 0 saturated carbocycles. The molecule has 1 unspecified atom stereocenters. The third-order valence-corrected chi connectivity index (χ3v) is 4.25. The molecule has 2 aromatic rings. The first-order valence-corrected chi connectivity index (χ1v) is 7.68. The third kappa shape index (κ3) is 3.89. The van der Waals surface area contributed by atoms with E-state index in [1.165, 1.54) is 0 Å². The van der Waals surface area contributed by atoms with Crippen LogP contribution in [0.3, 0.4) is 0 Å². The quantitative estimate of drug-likeness (QED) is 0.759. The highest BCUT2D eigenvalue weighted by molar-refractivity contribution is 9.10. The van der Waals surface area contributed by atoms with Crippen LogP contribution in [0.4, 0.5) is 0 Å². The fourth-order valence-electron chi connectivity index (χ4n) is 1.89. The van der Waals surface area contributed by atoms with Crippen LogP contribution in [0.1, 0.15) is 24.1 Å². The van der Waals surface area contributed by atoms with E-state index in [2.05, 4.69) is 21.2 Å². The van der Waals surface area contributed by atoms with E-state index in [-0.39, 0.29) is 11.8 Å². The van der Waals surface area contributed by atoms with Crippen LogP contribution in [0, 0.1) is 0 Å². The minimum Gasteiger partial charge on any atom is -0.507 e. The number of benzene rings is 2. The van der Waals surface area contributed by atoms with Crippen molar-refractivity contribution in [3.8, 4) is 5.75 Å². The molecule has 20 heavy (non-hydrogen) atoms. The monoisotopic (exact) mass is 373 g/mol. The molecular formula is C15H14BrCl2NO. The minimum atomic E-state index is 0.104. The van der Waals surface area contributed by atoms with E-state index in [1.54, 1.807) is 12.1 Å². The summed E-state index contributed by atoms with van der Waals surface area (Å²) in [5, 5.41) is 14.1. The van der Waals surface area contributed by atoms with E-state index >= 15 is 0 Å². The Hall–Kier alpha value is -0.740. The van der Waals surface area contributed by atoms with E-state index in [0.717, 1.165) is 11.1 Å². The number of nitrogens with one attached hydrogen (secondary N) is 1. The van der Waals surface area contributed by atoms with Gasteiger partial charge in [0.15, 0.2) is 0 Å². The maximum Gasteiger partial charge on any atom is 0.129 e. The summed E-state index contributed by atoms with van der Waals surface area (Å²) in [6, 6.07) is 11.0. The number of hydrogen-bond donors (Lipinski definition) is 2. The van der Waals surface area contributed by atoms with Gasteiger partial charge in [-0.2, -0.15) is 0 Å². The first kappa shape index (κ1) is 15.6. The Morgan fingerprint density at radius 1 is 1.20 bits per heavy atom. The molecule has 0 amide bonds. The summed E-state index contributed by atoms with van der Waals surface area (Å²) >= 11 is 15.4. The highest BCUT2D eigenvalue weighted by Crippen LogP contribution is 2.27. The Morgan fingerprint density at radius 3 is 2.60 bits per heavy atom. The molecule has 0 aliphatic carbocycles. The maximum absolute atomic E-state index is 9.46. The average molecular weight is 375 g/mol. The van der Waals surface area contributed by atoms with Crippen molar-refractivity contribution >= 4 is 39.1 Å². The van der Waals surface area contributed by atoms with Crippen LogP contribution >= 0.6 is 39.1 Å². The van der Waals surface area contributed by atoms with E-state index in [4.69, 9.17) is 23.2 Å². The van der Waals surface area contributed by atoms with Crippen LogP contribution < -0.4 is 5.32 Å². The third-order valence-electron chi connectivity index (χ3n) is 3.05. The lowest BCUT2D eigenvalue weighted by atomic mass is 10.1. The molecule has 0 spiro atoms. The topological polar surface area (TPSA) is 32.3 Å². The van der Waals surface area contributed by atoms with Gasteiger partial charge in [-0.25, -0.2) is 0 Å². The molecule has 2 rings (SSSR count). The van der Waals surface area contributed by atoms with Gasteiger partial charge in [-0.1, -0.05) is 35.3 Å². The minimum absolute atomic E-state index is 0.104. The van der Waals surface area contributed by atoms with Crippen LogP contribution in [0.15, 0.2) is 40.9 Å². The summed E-state index contributed by atoms with van der Waals surface area (Å²) in [5.41, 5.74) is 2.08. The second-order valence-corrected chi connectivity index (χ2v) is 6.25. The Morgan fingerprint density at radius 2 is 1.95 bits per heavy atom. The van der Waals surface area contributed by atoms with Crippen LogP contribution in [-0.4, -0.2) is 5.11 Å². The van der Waals surface area contributed by atoms with Crippen LogP contribution in [0.2, 0.25) is 10.0 Å². The molecule has 1 atom stereocenters. The maximum atomic E-state index is 9.46. The number of rotatable bonds is 4. The van der Waals surface area contributed by atoms with E-state index < -0.39 is 0 Å². The fraction of sp³-hybridized carbons (Fsp3) is 0.200. The molecule has 2 aromatic carbocycles. The second-order valence-electron chi connectivity index (χ2n) is 4.55. The van der Waals surface area contributed by atoms with Crippen molar-refractivity contribution in [3.63, 3.8) is 0 Å². The van der Waals surface area contributed by atoms with E-state index in [9.17, 15) is 5.11 Å². The van der Waals surface area contributed by atoms with Gasteiger partial charge in [0.2, 0.25) is 0 Å². The Kier molecular flexibility index (Phi) is 5.33. The van der Waals surface area contributed by atoms with E-state index in [0.29, 0.717) is 21.1 Å². The van der Waals surface area contributed by atoms with Crippen LogP contribution in [-0.2, 0) is 6.54 Å². The van der Waals surface area contributed by atoms with Crippen molar-refractivity contribution in [2.24, 2.45) is 0 Å². The molecule has 0 bridgehead atoms. The molecule has 0 aliphatic rings. The van der Waals surface area contributed by atoms with Crippen molar-refractivity contribution in [2.45, 2.75) is 19.5 Å². The predicted octanol–water partition coefficient (Wildman–Crippen LogP) is 5.31. The zero-order valence-electron chi connectivity index (χ0n) is 10.8. The van der Waals surface area contributed by atoms with Gasteiger partial charge in [-0.05, 0) is 58.2 Å². The SMILES string of the molecule is CC(NCc1ccc(O)c(Br)c1)c1ccc(Cl)cc1Cl. The zero-order valence-corrected chi connectivity index (χ0v) is 13.9. The standard InChI is InChI=1S/C15H14BrCl2NO/c1-9(12-4-3-11(17)7-14(12)18)19-8-10-2-5-15(20)13(16)6-10/h2-7,9,19-20H,8H2,1H3. The first-order chi connectivity index (χ1) is 9.47. The highest BCUT2D eigenvalue weighted by Gasteiger charge is 2.10. The molecule has 0 aliphatic heterocycles. The zero-order chi connectivity index (χ0) is 14.7. The summed E-state index contributed by atoms with van der Waals surface area (Å²) in [6.07, 6.45) is 0. The predicted molar refractivity (Wildman–Crippen MR) is 87.5 cm³/mol. The lowest BCUT2D eigenvalue weighted by molar-refractivity contribution is 0.471. The van der Waals surface area contributed by atoms with Gasteiger partial charge in [0.25, 0.3) is 0 Å². The number of halogens is 3. The van der Waals surface area contributed by atoms with E-state index in [1.807, 2.05) is 31.2 Å². The van der Waals surface area contributed by atoms with Gasteiger partial charge < -0.3 is 10.4 Å². The van der Waals surface area contributed by atoms with Gasteiger partial charge in [0.05, 0.1) is 4.47 Å². The molecule has 2 nitrogen and oxygen atoms in total. The lowest BCUT2D eigenvalue weighted by Crippen LogP contribution is -2.18. The number of aromatic hydroxyl groups is 1. The van der Waals surface area contributed by atoms with Gasteiger partial charge in [0, 0.05) is 22.6 Å².